The van der Waals surface area contributed by atoms with Crippen molar-refractivity contribution in [2.45, 2.75) is 6.10 Å². The van der Waals surface area contributed by atoms with E-state index in [4.69, 9.17) is 16.3 Å². The zero-order valence-electron chi connectivity index (χ0n) is 11.5. The van der Waals surface area contributed by atoms with Crippen molar-refractivity contribution in [3.63, 3.8) is 0 Å². The number of amides is 1. The Labute approximate surface area is 137 Å². The van der Waals surface area contributed by atoms with Crippen LogP contribution in [-0.2, 0) is 4.74 Å². The average molecular weight is 369 g/mol. The standard InChI is InChI=1S/C16H15BrClNO2/c1-21-15(12-7-3-5-9-14(12)18)10-19-16(20)11-6-2-4-8-13(11)17/h2-9,15H,10H2,1H3,(H,19,20)/t15-/m0/s1. The molecule has 1 amide bonds. The lowest BCUT2D eigenvalue weighted by Gasteiger charge is -2.18. The number of hydrogen-bond acceptors (Lipinski definition) is 2. The summed E-state index contributed by atoms with van der Waals surface area (Å²) in [7, 11) is 1.60. The van der Waals surface area contributed by atoms with Crippen LogP contribution in [0.2, 0.25) is 5.02 Å². The fraction of sp³-hybridized carbons (Fsp3) is 0.188. The van der Waals surface area contributed by atoms with Gasteiger partial charge in [0.25, 0.3) is 5.91 Å². The summed E-state index contributed by atoms with van der Waals surface area (Å²) >= 11 is 9.52. The van der Waals surface area contributed by atoms with Crippen LogP contribution in [0.25, 0.3) is 0 Å². The molecule has 0 saturated heterocycles. The zero-order chi connectivity index (χ0) is 15.2. The minimum absolute atomic E-state index is 0.156. The molecule has 3 nitrogen and oxygen atoms in total. The lowest BCUT2D eigenvalue weighted by Crippen LogP contribution is -2.29. The first-order valence-electron chi connectivity index (χ1n) is 6.43. The van der Waals surface area contributed by atoms with E-state index >= 15 is 0 Å². The Hall–Kier alpha value is -1.36. The van der Waals surface area contributed by atoms with Crippen molar-refractivity contribution < 1.29 is 9.53 Å². The molecule has 1 N–H and O–H groups in total. The number of rotatable bonds is 5. The van der Waals surface area contributed by atoms with Gasteiger partial charge >= 0.3 is 0 Å². The van der Waals surface area contributed by atoms with Crippen LogP contribution in [0, 0.1) is 0 Å². The highest BCUT2D eigenvalue weighted by Crippen LogP contribution is 2.24. The lowest BCUT2D eigenvalue weighted by atomic mass is 10.1. The minimum Gasteiger partial charge on any atom is -0.375 e. The molecule has 0 bridgehead atoms. The van der Waals surface area contributed by atoms with E-state index in [0.717, 1.165) is 10.0 Å². The van der Waals surface area contributed by atoms with Gasteiger partial charge in [-0.25, -0.2) is 0 Å². The Morgan fingerprint density at radius 3 is 2.57 bits per heavy atom. The second kappa shape index (κ2) is 7.59. The number of benzene rings is 2. The van der Waals surface area contributed by atoms with Gasteiger partial charge in [0.15, 0.2) is 0 Å². The molecule has 0 saturated carbocycles. The molecular formula is C16H15BrClNO2. The first-order chi connectivity index (χ1) is 10.1. The van der Waals surface area contributed by atoms with E-state index in [1.54, 1.807) is 19.2 Å². The average Bonchev–Trinajstić information content (AvgIpc) is 2.49. The smallest absolute Gasteiger partial charge is 0.252 e. The molecule has 2 aromatic carbocycles. The molecule has 0 aliphatic carbocycles. The van der Waals surface area contributed by atoms with E-state index in [9.17, 15) is 4.79 Å². The van der Waals surface area contributed by atoms with Crippen LogP contribution in [0.15, 0.2) is 53.0 Å². The summed E-state index contributed by atoms with van der Waals surface area (Å²) in [6.45, 7) is 0.348. The van der Waals surface area contributed by atoms with Crippen molar-refractivity contribution in [1.82, 2.24) is 5.32 Å². The Bertz CT molecular complexity index is 633. The third-order valence-electron chi connectivity index (χ3n) is 3.10. The zero-order valence-corrected chi connectivity index (χ0v) is 13.8. The van der Waals surface area contributed by atoms with Crippen molar-refractivity contribution in [3.8, 4) is 0 Å². The van der Waals surface area contributed by atoms with Crippen molar-refractivity contribution in [2.24, 2.45) is 0 Å². The predicted octanol–water partition coefficient (Wildman–Crippen LogP) is 4.22. The molecule has 0 unspecified atom stereocenters. The SMILES string of the molecule is CO[C@@H](CNC(=O)c1ccccc1Br)c1ccccc1Cl. The van der Waals surface area contributed by atoms with Gasteiger partial charge < -0.3 is 10.1 Å². The fourth-order valence-electron chi connectivity index (χ4n) is 1.98. The Kier molecular flexibility index (Phi) is 5.79. The van der Waals surface area contributed by atoms with Crippen LogP contribution < -0.4 is 5.32 Å². The third-order valence-corrected chi connectivity index (χ3v) is 4.14. The van der Waals surface area contributed by atoms with Gasteiger partial charge in [-0.3, -0.25) is 4.79 Å². The van der Waals surface area contributed by atoms with E-state index in [1.165, 1.54) is 0 Å². The quantitative estimate of drug-likeness (QED) is 0.858. The highest BCUT2D eigenvalue weighted by atomic mass is 79.9. The maximum Gasteiger partial charge on any atom is 0.252 e. The fourth-order valence-corrected chi connectivity index (χ4v) is 2.70. The first kappa shape index (κ1) is 16.0. The van der Waals surface area contributed by atoms with Crippen LogP contribution in [0.3, 0.4) is 0 Å². The van der Waals surface area contributed by atoms with E-state index in [2.05, 4.69) is 21.2 Å². The second-order valence-electron chi connectivity index (χ2n) is 4.44. The summed E-state index contributed by atoms with van der Waals surface area (Å²) in [6, 6.07) is 14.7. The number of methoxy groups -OCH3 is 1. The van der Waals surface area contributed by atoms with E-state index in [1.807, 2.05) is 36.4 Å². The molecule has 0 radical (unpaired) electrons. The van der Waals surface area contributed by atoms with Crippen molar-refractivity contribution >= 4 is 33.4 Å². The molecule has 0 fully saturated rings. The molecule has 1 atom stereocenters. The normalized spacial score (nSPS) is 12.0. The van der Waals surface area contributed by atoms with Gasteiger partial charge in [0.2, 0.25) is 0 Å². The van der Waals surface area contributed by atoms with E-state index < -0.39 is 0 Å². The Morgan fingerprint density at radius 2 is 1.90 bits per heavy atom. The van der Waals surface area contributed by atoms with Crippen LogP contribution in [0.1, 0.15) is 22.0 Å². The topological polar surface area (TPSA) is 38.3 Å². The summed E-state index contributed by atoms with van der Waals surface area (Å²) in [4.78, 5) is 12.2. The minimum atomic E-state index is -0.287. The number of halogens is 2. The molecule has 2 rings (SSSR count). The largest absolute Gasteiger partial charge is 0.375 e. The molecule has 0 aliphatic heterocycles. The molecule has 0 heterocycles. The Morgan fingerprint density at radius 1 is 1.24 bits per heavy atom. The van der Waals surface area contributed by atoms with Crippen LogP contribution in [0.5, 0.6) is 0 Å². The van der Waals surface area contributed by atoms with Crippen LogP contribution >= 0.6 is 27.5 Å². The van der Waals surface area contributed by atoms with Crippen molar-refractivity contribution in [3.05, 3.63) is 69.2 Å². The van der Waals surface area contributed by atoms with Crippen molar-refractivity contribution in [1.29, 1.82) is 0 Å². The van der Waals surface area contributed by atoms with E-state index in [-0.39, 0.29) is 12.0 Å². The summed E-state index contributed by atoms with van der Waals surface area (Å²) in [5.41, 5.74) is 1.45. The summed E-state index contributed by atoms with van der Waals surface area (Å²) in [6.07, 6.45) is -0.287. The lowest BCUT2D eigenvalue weighted by molar-refractivity contribution is 0.0827. The number of hydrogen-bond donors (Lipinski definition) is 1. The second-order valence-corrected chi connectivity index (χ2v) is 5.70. The molecule has 0 aromatic heterocycles. The molecule has 5 heteroatoms. The maximum absolute atomic E-state index is 12.2. The highest BCUT2D eigenvalue weighted by molar-refractivity contribution is 9.10. The van der Waals surface area contributed by atoms with Gasteiger partial charge in [0.05, 0.1) is 5.56 Å². The monoisotopic (exact) mass is 367 g/mol. The predicted molar refractivity (Wildman–Crippen MR) is 87.7 cm³/mol. The molecule has 0 spiro atoms. The van der Waals surface area contributed by atoms with E-state index in [0.29, 0.717) is 17.1 Å². The van der Waals surface area contributed by atoms with Crippen molar-refractivity contribution in [2.75, 3.05) is 13.7 Å². The van der Waals surface area contributed by atoms with Gasteiger partial charge in [0, 0.05) is 28.7 Å². The summed E-state index contributed by atoms with van der Waals surface area (Å²) in [5.74, 6) is -0.156. The number of nitrogens with one attached hydrogen (secondary N) is 1. The Balaban J connectivity index is 2.06. The third kappa shape index (κ3) is 4.06. The maximum atomic E-state index is 12.2. The first-order valence-corrected chi connectivity index (χ1v) is 7.60. The van der Waals surface area contributed by atoms with Crippen LogP contribution in [0.4, 0.5) is 0 Å². The highest BCUT2D eigenvalue weighted by Gasteiger charge is 2.16. The number of ether oxygens (including phenoxy) is 1. The molecule has 2 aromatic rings. The molecule has 110 valence electrons. The van der Waals surface area contributed by atoms with Gasteiger partial charge in [-0.05, 0) is 34.1 Å². The summed E-state index contributed by atoms with van der Waals surface area (Å²) < 4.78 is 6.18. The number of carbonyl (C=O) groups excluding carboxylic acids is 1. The van der Waals surface area contributed by atoms with Gasteiger partial charge in [0.1, 0.15) is 6.10 Å². The summed E-state index contributed by atoms with van der Waals surface area (Å²) in [5, 5.41) is 3.49. The molecule has 21 heavy (non-hydrogen) atoms. The van der Waals surface area contributed by atoms with Crippen LogP contribution in [-0.4, -0.2) is 19.6 Å². The van der Waals surface area contributed by atoms with Gasteiger partial charge in [-0.1, -0.05) is 41.9 Å². The number of carbonyl (C=O) groups is 1. The molecular weight excluding hydrogens is 354 g/mol. The van der Waals surface area contributed by atoms with Gasteiger partial charge in [-0.15, -0.1) is 0 Å². The molecule has 0 aliphatic rings. The van der Waals surface area contributed by atoms with Gasteiger partial charge in [-0.2, -0.15) is 0 Å².